The van der Waals surface area contributed by atoms with Crippen molar-refractivity contribution in [1.82, 2.24) is 15.0 Å². The fraction of sp³-hybridized carbons (Fsp3) is 0.550. The highest BCUT2D eigenvalue weighted by atomic mass is 16.5. The molecule has 0 N–H and O–H groups in total. The van der Waals surface area contributed by atoms with E-state index in [-0.39, 0.29) is 17.9 Å². The third-order valence-electron chi connectivity index (χ3n) is 5.56. The van der Waals surface area contributed by atoms with E-state index >= 15 is 0 Å². The normalized spacial score (nSPS) is 21.1. The molecule has 6 heteroatoms. The second-order valence-electron chi connectivity index (χ2n) is 7.18. The Balaban J connectivity index is 1.55. The molecule has 1 aromatic heterocycles. The fourth-order valence-corrected chi connectivity index (χ4v) is 4.18. The van der Waals surface area contributed by atoms with Crippen LogP contribution in [0.2, 0.25) is 0 Å². The Morgan fingerprint density at radius 1 is 1.15 bits per heavy atom. The maximum atomic E-state index is 13.0. The van der Waals surface area contributed by atoms with Crippen LogP contribution in [0.5, 0.6) is 5.75 Å². The molecule has 2 heterocycles. The average molecular weight is 355 g/mol. The minimum absolute atomic E-state index is 0.0969. The van der Waals surface area contributed by atoms with Gasteiger partial charge in [0, 0.05) is 12.5 Å². The van der Waals surface area contributed by atoms with Crippen LogP contribution >= 0.6 is 0 Å². The van der Waals surface area contributed by atoms with Crippen LogP contribution < -0.4 is 4.74 Å². The number of aromatic nitrogens is 2. The molecule has 1 aliphatic carbocycles. The summed E-state index contributed by atoms with van der Waals surface area (Å²) in [6.07, 6.45) is 7.46. The number of carbonyl (C=O) groups is 1. The highest BCUT2D eigenvalue weighted by Crippen LogP contribution is 2.36. The van der Waals surface area contributed by atoms with Gasteiger partial charge in [0.1, 0.15) is 11.8 Å². The summed E-state index contributed by atoms with van der Waals surface area (Å²) < 4.78 is 10.9. The molecule has 26 heavy (non-hydrogen) atoms. The molecule has 1 saturated heterocycles. The van der Waals surface area contributed by atoms with Crippen molar-refractivity contribution in [3.05, 3.63) is 30.2 Å². The van der Waals surface area contributed by atoms with Crippen molar-refractivity contribution >= 4 is 5.91 Å². The number of amides is 1. The van der Waals surface area contributed by atoms with E-state index in [0.29, 0.717) is 17.5 Å². The number of carbonyl (C=O) groups excluding carboxylic acids is 1. The van der Waals surface area contributed by atoms with Crippen molar-refractivity contribution < 1.29 is 14.1 Å². The van der Waals surface area contributed by atoms with Gasteiger partial charge in [-0.15, -0.1) is 0 Å². The smallest absolute Gasteiger partial charge is 0.249 e. The number of rotatable bonds is 4. The van der Waals surface area contributed by atoms with Crippen molar-refractivity contribution in [3.63, 3.8) is 0 Å². The first-order chi connectivity index (χ1) is 12.8. The third-order valence-corrected chi connectivity index (χ3v) is 5.56. The number of para-hydroxylation sites is 1. The van der Waals surface area contributed by atoms with Crippen molar-refractivity contribution in [2.45, 2.75) is 51.0 Å². The van der Waals surface area contributed by atoms with Gasteiger partial charge in [0.25, 0.3) is 0 Å². The number of hydrogen-bond donors (Lipinski definition) is 0. The summed E-state index contributed by atoms with van der Waals surface area (Å²) in [5.74, 6) is 2.19. The molecule has 1 aromatic carbocycles. The summed E-state index contributed by atoms with van der Waals surface area (Å²) >= 11 is 0. The van der Waals surface area contributed by atoms with E-state index in [9.17, 15) is 4.79 Å². The minimum Gasteiger partial charge on any atom is -0.496 e. The first kappa shape index (κ1) is 17.1. The van der Waals surface area contributed by atoms with Gasteiger partial charge in [-0.25, -0.2) is 0 Å². The zero-order valence-electron chi connectivity index (χ0n) is 15.2. The van der Waals surface area contributed by atoms with Crippen LogP contribution in [0.4, 0.5) is 0 Å². The van der Waals surface area contributed by atoms with Crippen molar-refractivity contribution in [2.75, 3.05) is 13.7 Å². The van der Waals surface area contributed by atoms with E-state index in [2.05, 4.69) is 10.1 Å². The molecule has 1 amide bonds. The topological polar surface area (TPSA) is 68.5 Å². The van der Waals surface area contributed by atoms with Gasteiger partial charge in [-0.3, -0.25) is 4.79 Å². The van der Waals surface area contributed by atoms with Gasteiger partial charge in [0.05, 0.1) is 12.7 Å². The molecule has 4 rings (SSSR count). The molecule has 1 atom stereocenters. The van der Waals surface area contributed by atoms with Crippen LogP contribution in [0.25, 0.3) is 11.4 Å². The molecule has 138 valence electrons. The third kappa shape index (κ3) is 3.20. The molecule has 0 bridgehead atoms. The number of methoxy groups -OCH3 is 1. The number of nitrogens with zero attached hydrogens (tertiary/aromatic N) is 3. The highest BCUT2D eigenvalue weighted by molar-refractivity contribution is 5.79. The molecular formula is C20H25N3O3. The molecule has 1 saturated carbocycles. The van der Waals surface area contributed by atoms with Gasteiger partial charge in [-0.1, -0.05) is 36.6 Å². The van der Waals surface area contributed by atoms with Crippen LogP contribution in [0, 0.1) is 5.92 Å². The molecule has 2 aromatic rings. The van der Waals surface area contributed by atoms with Gasteiger partial charge in [-0.05, 0) is 37.8 Å². The number of hydrogen-bond acceptors (Lipinski definition) is 5. The maximum Gasteiger partial charge on any atom is 0.249 e. The second kappa shape index (κ2) is 7.48. The van der Waals surface area contributed by atoms with Gasteiger partial charge in [0.15, 0.2) is 0 Å². The zero-order chi connectivity index (χ0) is 17.9. The second-order valence-corrected chi connectivity index (χ2v) is 7.18. The lowest BCUT2D eigenvalue weighted by Gasteiger charge is -2.29. The molecule has 1 aliphatic heterocycles. The van der Waals surface area contributed by atoms with Crippen LogP contribution in [0.15, 0.2) is 28.8 Å². The zero-order valence-corrected chi connectivity index (χ0v) is 15.2. The maximum absolute atomic E-state index is 13.0. The van der Waals surface area contributed by atoms with Crippen molar-refractivity contribution in [3.8, 4) is 17.1 Å². The van der Waals surface area contributed by atoms with Gasteiger partial charge < -0.3 is 14.2 Å². The van der Waals surface area contributed by atoms with Crippen LogP contribution in [-0.4, -0.2) is 34.6 Å². The lowest BCUT2D eigenvalue weighted by atomic mass is 9.88. The Labute approximate surface area is 153 Å². The largest absolute Gasteiger partial charge is 0.496 e. The Morgan fingerprint density at radius 2 is 1.96 bits per heavy atom. The predicted molar refractivity (Wildman–Crippen MR) is 96.5 cm³/mol. The molecule has 1 unspecified atom stereocenters. The summed E-state index contributed by atoms with van der Waals surface area (Å²) in [5.41, 5.74) is 0.799. The van der Waals surface area contributed by atoms with E-state index in [1.54, 1.807) is 7.11 Å². The highest BCUT2D eigenvalue weighted by Gasteiger charge is 2.37. The Hall–Kier alpha value is -2.37. The van der Waals surface area contributed by atoms with Crippen LogP contribution in [0.1, 0.15) is 56.9 Å². The molecule has 2 fully saturated rings. The number of ether oxygens (including phenoxy) is 1. The van der Waals surface area contributed by atoms with Crippen LogP contribution in [-0.2, 0) is 4.79 Å². The first-order valence-corrected chi connectivity index (χ1v) is 9.55. The van der Waals surface area contributed by atoms with E-state index in [1.807, 2.05) is 29.2 Å². The molecule has 6 nitrogen and oxygen atoms in total. The van der Waals surface area contributed by atoms with Gasteiger partial charge in [0.2, 0.25) is 17.6 Å². The minimum atomic E-state index is -0.0969. The van der Waals surface area contributed by atoms with Gasteiger partial charge in [-0.2, -0.15) is 4.98 Å². The summed E-state index contributed by atoms with van der Waals surface area (Å²) in [4.78, 5) is 19.5. The Bertz CT molecular complexity index is 767. The predicted octanol–water partition coefficient (Wildman–Crippen LogP) is 3.99. The SMILES string of the molecule is COc1ccccc1-c1noc(C2CCCN2C(=O)C2CCCCC2)n1. The standard InChI is InChI=1S/C20H25N3O3/c1-25-17-12-6-5-10-15(17)18-21-19(26-22-18)16-11-7-13-23(16)20(24)14-8-3-2-4-9-14/h5-6,10,12,14,16H,2-4,7-9,11,13H2,1H3. The average Bonchev–Trinajstić information content (AvgIpc) is 3.37. The lowest BCUT2D eigenvalue weighted by molar-refractivity contribution is -0.138. The summed E-state index contributed by atoms with van der Waals surface area (Å²) in [5, 5.41) is 4.14. The molecule has 0 spiro atoms. The van der Waals surface area contributed by atoms with E-state index in [1.165, 1.54) is 6.42 Å². The van der Waals surface area contributed by atoms with Crippen molar-refractivity contribution in [1.29, 1.82) is 0 Å². The van der Waals surface area contributed by atoms with E-state index in [0.717, 1.165) is 50.6 Å². The Kier molecular flexibility index (Phi) is 4.91. The van der Waals surface area contributed by atoms with Crippen LogP contribution in [0.3, 0.4) is 0 Å². The van der Waals surface area contributed by atoms with E-state index < -0.39 is 0 Å². The monoisotopic (exact) mass is 355 g/mol. The Morgan fingerprint density at radius 3 is 2.77 bits per heavy atom. The molecular weight excluding hydrogens is 330 g/mol. The number of likely N-dealkylation sites (tertiary alicyclic amines) is 1. The summed E-state index contributed by atoms with van der Waals surface area (Å²) in [6.45, 7) is 0.784. The molecule has 2 aliphatic rings. The first-order valence-electron chi connectivity index (χ1n) is 9.55. The number of benzene rings is 1. The fourth-order valence-electron chi connectivity index (χ4n) is 4.18. The summed E-state index contributed by atoms with van der Waals surface area (Å²) in [7, 11) is 1.63. The summed E-state index contributed by atoms with van der Waals surface area (Å²) in [6, 6.07) is 7.51. The van der Waals surface area contributed by atoms with Crippen molar-refractivity contribution in [2.24, 2.45) is 5.92 Å². The lowest BCUT2D eigenvalue weighted by Crippen LogP contribution is -2.36. The molecule has 0 radical (unpaired) electrons. The van der Waals surface area contributed by atoms with Gasteiger partial charge >= 0.3 is 0 Å². The van der Waals surface area contributed by atoms with E-state index in [4.69, 9.17) is 9.26 Å². The quantitative estimate of drug-likeness (QED) is 0.829.